The van der Waals surface area contributed by atoms with Gasteiger partial charge in [-0.2, -0.15) is 0 Å². The van der Waals surface area contributed by atoms with Gasteiger partial charge >= 0.3 is 0 Å². The van der Waals surface area contributed by atoms with E-state index >= 15 is 0 Å². The van der Waals surface area contributed by atoms with Gasteiger partial charge in [0.05, 0.1) is 5.02 Å². The van der Waals surface area contributed by atoms with E-state index in [9.17, 15) is 13.2 Å². The monoisotopic (exact) mass is 462 g/mol. The van der Waals surface area contributed by atoms with Crippen molar-refractivity contribution in [3.8, 4) is 0 Å². The van der Waals surface area contributed by atoms with Crippen molar-refractivity contribution in [1.29, 1.82) is 0 Å². The molecule has 2 aromatic heterocycles. The molecule has 3 heterocycles. The highest BCUT2D eigenvalue weighted by molar-refractivity contribution is 7.94. The molecule has 1 saturated heterocycles. The van der Waals surface area contributed by atoms with E-state index in [2.05, 4.69) is 14.6 Å². The largest absolute Gasteiger partial charge is 0.352 e. The molecular formula is C20H19ClN4O3S2. The number of pyridine rings is 1. The highest BCUT2D eigenvalue weighted by atomic mass is 35.5. The first kappa shape index (κ1) is 20.6. The topological polar surface area (TPSA) is 82.6 Å². The lowest BCUT2D eigenvalue weighted by molar-refractivity contribution is 0.0746. The number of sulfonamides is 1. The van der Waals surface area contributed by atoms with E-state index in [-0.39, 0.29) is 10.1 Å². The molecule has 156 valence electrons. The molecule has 0 atom stereocenters. The third-order valence-corrected chi connectivity index (χ3v) is 7.80. The highest BCUT2D eigenvalue weighted by Gasteiger charge is 2.24. The number of aromatic nitrogens is 1. The molecule has 1 aromatic carbocycles. The number of benzene rings is 1. The third kappa shape index (κ3) is 4.43. The van der Waals surface area contributed by atoms with Gasteiger partial charge in [-0.15, -0.1) is 11.3 Å². The molecular weight excluding hydrogens is 444 g/mol. The molecule has 0 saturated carbocycles. The zero-order chi connectivity index (χ0) is 21.1. The minimum Gasteiger partial charge on any atom is -0.352 e. The smallest absolute Gasteiger partial charge is 0.271 e. The SMILES string of the molecule is O=C(c1cccc(NS(=O)(=O)c2cccs2)c1)N1CCN(c2ncccc2Cl)CC1. The first-order valence-corrected chi connectivity index (χ1v) is 12.0. The summed E-state index contributed by atoms with van der Waals surface area (Å²) in [5.41, 5.74) is 0.791. The number of hydrogen-bond acceptors (Lipinski definition) is 6. The standard InChI is InChI=1S/C20H19ClN4O3S2/c21-17-6-2-8-22-19(17)24-9-11-25(12-10-24)20(26)15-4-1-5-16(14-15)23-30(27,28)18-7-3-13-29-18/h1-8,13-14,23H,9-12H2. The first-order chi connectivity index (χ1) is 14.4. The normalized spacial score (nSPS) is 14.6. The Labute approximate surface area is 184 Å². The maximum Gasteiger partial charge on any atom is 0.271 e. The van der Waals surface area contributed by atoms with Crippen molar-refractivity contribution < 1.29 is 13.2 Å². The maximum atomic E-state index is 12.9. The van der Waals surface area contributed by atoms with Crippen LogP contribution in [0.4, 0.5) is 11.5 Å². The average molecular weight is 463 g/mol. The van der Waals surface area contributed by atoms with Crippen molar-refractivity contribution in [2.24, 2.45) is 0 Å². The Morgan fingerprint density at radius 2 is 1.87 bits per heavy atom. The van der Waals surface area contributed by atoms with Crippen LogP contribution in [0.5, 0.6) is 0 Å². The lowest BCUT2D eigenvalue weighted by atomic mass is 10.1. The van der Waals surface area contributed by atoms with Crippen LogP contribution in [0.2, 0.25) is 5.02 Å². The average Bonchev–Trinajstić information content (AvgIpc) is 3.30. The molecule has 4 rings (SSSR count). The van der Waals surface area contributed by atoms with Gasteiger partial charge in [-0.05, 0) is 41.8 Å². The number of nitrogens with zero attached hydrogens (tertiary/aromatic N) is 3. The van der Waals surface area contributed by atoms with Crippen LogP contribution in [0, 0.1) is 0 Å². The van der Waals surface area contributed by atoms with Crippen molar-refractivity contribution in [2.75, 3.05) is 35.8 Å². The number of halogens is 1. The van der Waals surface area contributed by atoms with Gasteiger partial charge in [0.15, 0.2) is 0 Å². The number of nitrogens with one attached hydrogen (secondary N) is 1. The van der Waals surface area contributed by atoms with Crippen LogP contribution in [0.1, 0.15) is 10.4 Å². The Balaban J connectivity index is 1.43. The van der Waals surface area contributed by atoms with E-state index in [4.69, 9.17) is 11.6 Å². The van der Waals surface area contributed by atoms with E-state index in [1.54, 1.807) is 58.9 Å². The van der Waals surface area contributed by atoms with E-state index in [1.165, 1.54) is 6.07 Å². The summed E-state index contributed by atoms with van der Waals surface area (Å²) in [7, 11) is -3.66. The summed E-state index contributed by atoms with van der Waals surface area (Å²) in [6.45, 7) is 2.29. The Hall–Kier alpha value is -2.62. The van der Waals surface area contributed by atoms with Crippen molar-refractivity contribution in [1.82, 2.24) is 9.88 Å². The molecule has 1 amide bonds. The molecule has 0 radical (unpaired) electrons. The molecule has 3 aromatic rings. The fourth-order valence-electron chi connectivity index (χ4n) is 3.25. The summed E-state index contributed by atoms with van der Waals surface area (Å²) >= 11 is 7.36. The molecule has 0 bridgehead atoms. The Kier molecular flexibility index (Phi) is 5.94. The number of hydrogen-bond donors (Lipinski definition) is 1. The van der Waals surface area contributed by atoms with Crippen LogP contribution in [0.25, 0.3) is 0 Å². The van der Waals surface area contributed by atoms with E-state index < -0.39 is 10.0 Å². The van der Waals surface area contributed by atoms with Crippen molar-refractivity contribution in [2.45, 2.75) is 4.21 Å². The molecule has 7 nitrogen and oxygen atoms in total. The fourth-order valence-corrected chi connectivity index (χ4v) is 5.53. The summed E-state index contributed by atoms with van der Waals surface area (Å²) in [5, 5.41) is 2.29. The summed E-state index contributed by atoms with van der Waals surface area (Å²) in [4.78, 5) is 21.1. The van der Waals surface area contributed by atoms with E-state index in [0.717, 1.165) is 17.2 Å². The van der Waals surface area contributed by atoms with Gasteiger partial charge in [0.1, 0.15) is 10.0 Å². The summed E-state index contributed by atoms with van der Waals surface area (Å²) in [6.07, 6.45) is 1.70. The van der Waals surface area contributed by atoms with Crippen molar-refractivity contribution in [3.05, 3.63) is 70.7 Å². The van der Waals surface area contributed by atoms with Gasteiger partial charge in [0.2, 0.25) is 0 Å². The molecule has 10 heteroatoms. The summed E-state index contributed by atoms with van der Waals surface area (Å²) in [6, 6.07) is 13.3. The van der Waals surface area contributed by atoms with Gasteiger partial charge in [0.25, 0.3) is 15.9 Å². The molecule has 30 heavy (non-hydrogen) atoms. The van der Waals surface area contributed by atoms with E-state index in [0.29, 0.717) is 42.5 Å². The quantitative estimate of drug-likeness (QED) is 0.626. The molecule has 0 unspecified atom stereocenters. The van der Waals surface area contributed by atoms with Crippen LogP contribution in [0.15, 0.2) is 64.3 Å². The van der Waals surface area contributed by atoms with Crippen LogP contribution >= 0.6 is 22.9 Å². The molecule has 1 aliphatic heterocycles. The minimum atomic E-state index is -3.66. The second kappa shape index (κ2) is 8.63. The number of carbonyl (C=O) groups is 1. The van der Waals surface area contributed by atoms with Gasteiger partial charge in [-0.1, -0.05) is 23.7 Å². The van der Waals surface area contributed by atoms with Crippen molar-refractivity contribution >= 4 is 50.4 Å². The second-order valence-electron chi connectivity index (χ2n) is 6.71. The lowest BCUT2D eigenvalue weighted by Crippen LogP contribution is -2.49. The van der Waals surface area contributed by atoms with Crippen molar-refractivity contribution in [3.63, 3.8) is 0 Å². The van der Waals surface area contributed by atoms with E-state index in [1.807, 2.05) is 0 Å². The predicted molar refractivity (Wildman–Crippen MR) is 119 cm³/mol. The van der Waals surface area contributed by atoms with Crippen LogP contribution < -0.4 is 9.62 Å². The van der Waals surface area contributed by atoms with Gasteiger partial charge in [-0.25, -0.2) is 13.4 Å². The molecule has 0 aliphatic carbocycles. The molecule has 1 fully saturated rings. The molecule has 1 N–H and O–H groups in total. The fraction of sp³-hybridized carbons (Fsp3) is 0.200. The Morgan fingerprint density at radius 3 is 2.57 bits per heavy atom. The Morgan fingerprint density at radius 1 is 1.07 bits per heavy atom. The van der Waals surface area contributed by atoms with Crippen LogP contribution in [-0.4, -0.2) is 50.4 Å². The third-order valence-electron chi connectivity index (χ3n) is 4.73. The van der Waals surface area contributed by atoms with Crippen LogP contribution in [0.3, 0.4) is 0 Å². The Bertz CT molecular complexity index is 1140. The van der Waals surface area contributed by atoms with Gasteiger partial charge < -0.3 is 9.80 Å². The lowest BCUT2D eigenvalue weighted by Gasteiger charge is -2.35. The van der Waals surface area contributed by atoms with Crippen LogP contribution in [-0.2, 0) is 10.0 Å². The van der Waals surface area contributed by atoms with Gasteiger partial charge in [0, 0.05) is 43.6 Å². The minimum absolute atomic E-state index is 0.140. The van der Waals surface area contributed by atoms with Gasteiger partial charge in [-0.3, -0.25) is 9.52 Å². The molecule has 0 spiro atoms. The number of amides is 1. The maximum absolute atomic E-state index is 12.9. The highest BCUT2D eigenvalue weighted by Crippen LogP contribution is 2.24. The first-order valence-electron chi connectivity index (χ1n) is 9.25. The zero-order valence-corrected chi connectivity index (χ0v) is 18.3. The number of rotatable bonds is 5. The number of carbonyl (C=O) groups excluding carboxylic acids is 1. The number of anilines is 2. The molecule has 1 aliphatic rings. The predicted octanol–water partition coefficient (Wildman–Crippen LogP) is 3.56. The summed E-state index contributed by atoms with van der Waals surface area (Å²) in [5.74, 6) is 0.579. The summed E-state index contributed by atoms with van der Waals surface area (Å²) < 4.78 is 27.6. The zero-order valence-electron chi connectivity index (χ0n) is 15.9. The second-order valence-corrected chi connectivity index (χ2v) is 9.97. The number of thiophene rings is 1. The number of piperazine rings is 1.